The van der Waals surface area contributed by atoms with Crippen molar-refractivity contribution in [1.29, 1.82) is 0 Å². The summed E-state index contributed by atoms with van der Waals surface area (Å²) in [5, 5.41) is 2.99. The van der Waals surface area contributed by atoms with Gasteiger partial charge in [-0.3, -0.25) is 13.9 Å². The largest absolute Gasteiger partial charge is 0.342 e. The highest BCUT2D eigenvalue weighted by molar-refractivity contribution is 5.78. The number of aryl methyl sites for hydroxylation is 3. The molecule has 4 aromatic rings. The van der Waals surface area contributed by atoms with Gasteiger partial charge in [0.2, 0.25) is 5.91 Å². The quantitative estimate of drug-likeness (QED) is 0.499. The van der Waals surface area contributed by atoms with Gasteiger partial charge in [-0.15, -0.1) is 0 Å². The van der Waals surface area contributed by atoms with Gasteiger partial charge in [-0.2, -0.15) is 0 Å². The number of hydrogen-bond donors (Lipinski definition) is 1. The van der Waals surface area contributed by atoms with Crippen molar-refractivity contribution in [2.45, 2.75) is 32.5 Å². The molecule has 0 aliphatic carbocycles. The molecule has 0 bridgehead atoms. The monoisotopic (exact) mass is 421 g/mol. The van der Waals surface area contributed by atoms with Gasteiger partial charge in [-0.25, -0.2) is 14.2 Å². The lowest BCUT2D eigenvalue weighted by atomic mass is 10.1. The van der Waals surface area contributed by atoms with Crippen molar-refractivity contribution in [2.75, 3.05) is 0 Å². The lowest BCUT2D eigenvalue weighted by Gasteiger charge is -2.19. The van der Waals surface area contributed by atoms with E-state index in [9.17, 15) is 14.0 Å². The minimum absolute atomic E-state index is 0.125. The maximum Gasteiger partial charge on any atom is 0.329 e. The van der Waals surface area contributed by atoms with Gasteiger partial charge in [-0.05, 0) is 36.8 Å². The number of nitrogens with one attached hydrogen (secondary N) is 1. The molecule has 31 heavy (non-hydrogen) atoms. The molecule has 4 rings (SSSR count). The third-order valence-electron chi connectivity index (χ3n) is 5.43. The number of hydrogen-bond acceptors (Lipinski definition) is 3. The Hall–Kier alpha value is -3.68. The molecule has 0 aliphatic heterocycles. The van der Waals surface area contributed by atoms with Gasteiger partial charge in [0.1, 0.15) is 17.7 Å². The van der Waals surface area contributed by atoms with Crippen LogP contribution in [-0.2, 0) is 24.9 Å². The first kappa shape index (κ1) is 20.6. The van der Waals surface area contributed by atoms with Crippen LogP contribution in [-0.4, -0.2) is 24.6 Å². The second kappa shape index (κ2) is 8.59. The van der Waals surface area contributed by atoms with Crippen LogP contribution in [0, 0.1) is 5.82 Å². The highest BCUT2D eigenvalue weighted by Gasteiger charge is 2.21. The van der Waals surface area contributed by atoms with Gasteiger partial charge < -0.3 is 9.88 Å². The molecule has 0 fully saturated rings. The van der Waals surface area contributed by atoms with Crippen LogP contribution in [0.4, 0.5) is 4.39 Å². The molecule has 8 heteroatoms. The number of rotatable bonds is 7. The van der Waals surface area contributed by atoms with Crippen molar-refractivity contribution < 1.29 is 9.18 Å². The van der Waals surface area contributed by atoms with Crippen molar-refractivity contribution >= 4 is 16.9 Å². The number of imidazole rings is 2. The molecule has 160 valence electrons. The number of carbonyl (C=O) groups excluding carboxylic acids is 1. The number of carbonyl (C=O) groups is 1. The molecule has 1 amide bonds. The molecule has 1 N–H and O–H groups in total. The molecule has 0 radical (unpaired) electrons. The molecule has 2 aromatic heterocycles. The number of amides is 1. The van der Waals surface area contributed by atoms with Crippen molar-refractivity contribution in [2.24, 2.45) is 7.05 Å². The number of nitrogens with zero attached hydrogens (tertiary/aromatic N) is 4. The van der Waals surface area contributed by atoms with Crippen LogP contribution in [0.2, 0.25) is 0 Å². The first-order chi connectivity index (χ1) is 15.0. The first-order valence-corrected chi connectivity index (χ1v) is 10.2. The van der Waals surface area contributed by atoms with E-state index in [-0.39, 0.29) is 30.4 Å². The predicted octanol–water partition coefficient (Wildman–Crippen LogP) is 2.99. The minimum atomic E-state index is -0.526. The Kier molecular flexibility index (Phi) is 5.70. The predicted molar refractivity (Wildman–Crippen MR) is 116 cm³/mol. The maximum absolute atomic E-state index is 13.4. The third kappa shape index (κ3) is 4.01. The molecule has 2 aromatic carbocycles. The SMILES string of the molecule is CCn1c(=O)n(CCC(=O)NC(c2ccc(F)cc2)c2nccn2C)c2ccccc21. The van der Waals surface area contributed by atoms with E-state index in [1.165, 1.54) is 12.1 Å². The number of benzene rings is 2. The van der Waals surface area contributed by atoms with Crippen molar-refractivity contribution in [3.05, 3.63) is 88.6 Å². The molecular weight excluding hydrogens is 397 g/mol. The van der Waals surface area contributed by atoms with Crippen LogP contribution in [0.25, 0.3) is 11.0 Å². The molecule has 1 unspecified atom stereocenters. The van der Waals surface area contributed by atoms with Crippen LogP contribution >= 0.6 is 0 Å². The van der Waals surface area contributed by atoms with E-state index in [1.807, 2.05) is 42.8 Å². The van der Waals surface area contributed by atoms with Crippen LogP contribution in [0.1, 0.15) is 30.8 Å². The smallest absolute Gasteiger partial charge is 0.329 e. The summed E-state index contributed by atoms with van der Waals surface area (Å²) in [6.45, 7) is 2.74. The minimum Gasteiger partial charge on any atom is -0.342 e. The summed E-state index contributed by atoms with van der Waals surface area (Å²) in [5.41, 5.74) is 2.26. The first-order valence-electron chi connectivity index (χ1n) is 10.2. The number of para-hydroxylation sites is 2. The second-order valence-corrected chi connectivity index (χ2v) is 7.37. The van der Waals surface area contributed by atoms with Crippen LogP contribution in [0.5, 0.6) is 0 Å². The lowest BCUT2D eigenvalue weighted by Crippen LogP contribution is -2.33. The van der Waals surface area contributed by atoms with Crippen LogP contribution in [0.3, 0.4) is 0 Å². The fourth-order valence-electron chi connectivity index (χ4n) is 3.85. The van der Waals surface area contributed by atoms with Crippen molar-refractivity contribution in [3.63, 3.8) is 0 Å². The summed E-state index contributed by atoms with van der Waals surface area (Å²) >= 11 is 0. The summed E-state index contributed by atoms with van der Waals surface area (Å²) in [5.74, 6) is 0.0672. The Morgan fingerprint density at radius 2 is 1.77 bits per heavy atom. The number of fused-ring (bicyclic) bond motifs is 1. The zero-order valence-corrected chi connectivity index (χ0v) is 17.5. The fraction of sp³-hybridized carbons (Fsp3) is 0.261. The Balaban J connectivity index is 1.56. The zero-order chi connectivity index (χ0) is 22.0. The average Bonchev–Trinajstić information content (AvgIpc) is 3.31. The van der Waals surface area contributed by atoms with Crippen LogP contribution < -0.4 is 11.0 Å². The van der Waals surface area contributed by atoms with E-state index in [2.05, 4.69) is 10.3 Å². The average molecular weight is 421 g/mol. The van der Waals surface area contributed by atoms with Crippen LogP contribution in [0.15, 0.2) is 65.7 Å². The van der Waals surface area contributed by atoms with Crippen molar-refractivity contribution in [3.8, 4) is 0 Å². The number of aromatic nitrogens is 4. The van der Waals surface area contributed by atoms with Gasteiger partial charge in [0.15, 0.2) is 0 Å². The van der Waals surface area contributed by atoms with Gasteiger partial charge in [0.05, 0.1) is 11.0 Å². The van der Waals surface area contributed by atoms with Gasteiger partial charge in [0, 0.05) is 39.0 Å². The Morgan fingerprint density at radius 1 is 1.10 bits per heavy atom. The fourth-order valence-corrected chi connectivity index (χ4v) is 3.85. The molecule has 1 atom stereocenters. The zero-order valence-electron chi connectivity index (χ0n) is 17.5. The van der Waals surface area contributed by atoms with Gasteiger partial charge >= 0.3 is 5.69 Å². The van der Waals surface area contributed by atoms with E-state index >= 15 is 0 Å². The molecular formula is C23H24FN5O2. The Bertz CT molecular complexity index is 1270. The Morgan fingerprint density at radius 3 is 2.39 bits per heavy atom. The van der Waals surface area contributed by atoms with E-state index in [4.69, 9.17) is 0 Å². The van der Waals surface area contributed by atoms with Crippen molar-refractivity contribution in [1.82, 2.24) is 24.0 Å². The van der Waals surface area contributed by atoms with E-state index in [0.717, 1.165) is 16.6 Å². The highest BCUT2D eigenvalue weighted by atomic mass is 19.1. The molecule has 2 heterocycles. The standard InChI is InChI=1S/C23H24FN5O2/c1-3-28-18-6-4-5-7-19(18)29(23(28)31)14-12-20(30)26-21(22-25-13-15-27(22)2)16-8-10-17(24)11-9-16/h4-11,13,15,21H,3,12,14H2,1-2H3,(H,26,30). The highest BCUT2D eigenvalue weighted by Crippen LogP contribution is 2.21. The topological polar surface area (TPSA) is 73.8 Å². The number of halogens is 1. The summed E-state index contributed by atoms with van der Waals surface area (Å²) in [6, 6.07) is 13.0. The summed E-state index contributed by atoms with van der Waals surface area (Å²) in [4.78, 5) is 30.0. The van der Waals surface area contributed by atoms with Gasteiger partial charge in [0.25, 0.3) is 0 Å². The normalized spacial score (nSPS) is 12.2. The molecule has 0 aliphatic rings. The Labute approximate surface area is 178 Å². The summed E-state index contributed by atoms with van der Waals surface area (Å²) in [6.07, 6.45) is 3.56. The molecule has 7 nitrogen and oxygen atoms in total. The lowest BCUT2D eigenvalue weighted by molar-refractivity contribution is -0.121. The van der Waals surface area contributed by atoms with Gasteiger partial charge in [-0.1, -0.05) is 24.3 Å². The third-order valence-corrected chi connectivity index (χ3v) is 5.43. The van der Waals surface area contributed by atoms with E-state index in [1.54, 1.807) is 33.7 Å². The summed E-state index contributed by atoms with van der Waals surface area (Å²) < 4.78 is 18.5. The van der Waals surface area contributed by atoms with E-state index in [0.29, 0.717) is 12.4 Å². The molecule has 0 saturated heterocycles. The van der Waals surface area contributed by atoms with E-state index < -0.39 is 6.04 Å². The summed E-state index contributed by atoms with van der Waals surface area (Å²) in [7, 11) is 1.84. The molecule has 0 spiro atoms. The maximum atomic E-state index is 13.4. The second-order valence-electron chi connectivity index (χ2n) is 7.37. The molecule has 0 saturated carbocycles.